The van der Waals surface area contributed by atoms with Gasteiger partial charge in [0.05, 0.1) is 5.56 Å². The highest BCUT2D eigenvalue weighted by atomic mass is 35.5. The van der Waals surface area contributed by atoms with Crippen LogP contribution in [0.3, 0.4) is 0 Å². The monoisotopic (exact) mass is 343 g/mol. The smallest absolute Gasteiger partial charge is 0.256 e. The number of hydrogen-bond donors (Lipinski definition) is 2. The maximum Gasteiger partial charge on any atom is 0.256 e. The van der Waals surface area contributed by atoms with Crippen molar-refractivity contribution in [3.05, 3.63) is 29.6 Å². The van der Waals surface area contributed by atoms with Crippen molar-refractivity contribution >= 4 is 29.9 Å². The molecule has 0 aromatic heterocycles. The van der Waals surface area contributed by atoms with Crippen LogP contribution in [0.25, 0.3) is 0 Å². The van der Waals surface area contributed by atoms with E-state index in [1.807, 2.05) is 6.92 Å². The van der Waals surface area contributed by atoms with Gasteiger partial charge in [0.2, 0.25) is 5.91 Å². The van der Waals surface area contributed by atoms with E-state index in [4.69, 9.17) is 0 Å². The lowest BCUT2D eigenvalue weighted by atomic mass is 9.92. The Morgan fingerprint density at radius 3 is 2.65 bits per heavy atom. The second-order valence-electron chi connectivity index (χ2n) is 5.96. The predicted octanol–water partition coefficient (Wildman–Crippen LogP) is 2.28. The number of hydrogen-bond acceptors (Lipinski definition) is 3. The van der Waals surface area contributed by atoms with Crippen LogP contribution in [0, 0.1) is 11.7 Å². The first-order chi connectivity index (χ1) is 10.4. The number of halogens is 2. The first kappa shape index (κ1) is 19.4. The summed E-state index contributed by atoms with van der Waals surface area (Å²) in [7, 11) is 3.12. The van der Waals surface area contributed by atoms with Crippen LogP contribution in [0.2, 0.25) is 0 Å². The number of anilines is 1. The first-order valence-corrected chi connectivity index (χ1v) is 7.44. The molecule has 1 fully saturated rings. The average molecular weight is 344 g/mol. The minimum absolute atomic E-state index is 0. The van der Waals surface area contributed by atoms with Gasteiger partial charge in [-0.25, -0.2) is 4.39 Å². The van der Waals surface area contributed by atoms with Crippen molar-refractivity contribution in [2.45, 2.75) is 25.8 Å². The van der Waals surface area contributed by atoms with E-state index in [1.54, 1.807) is 14.1 Å². The van der Waals surface area contributed by atoms with Gasteiger partial charge in [0.25, 0.3) is 5.91 Å². The molecule has 1 aliphatic heterocycles. The zero-order valence-electron chi connectivity index (χ0n) is 13.6. The zero-order chi connectivity index (χ0) is 16.3. The number of nitrogens with one attached hydrogen (secondary N) is 2. The summed E-state index contributed by atoms with van der Waals surface area (Å²) in [4.78, 5) is 25.5. The van der Waals surface area contributed by atoms with Gasteiger partial charge in [-0.3, -0.25) is 9.59 Å². The van der Waals surface area contributed by atoms with Crippen molar-refractivity contribution in [1.29, 1.82) is 0 Å². The van der Waals surface area contributed by atoms with Crippen molar-refractivity contribution in [1.82, 2.24) is 10.2 Å². The van der Waals surface area contributed by atoms with E-state index < -0.39 is 11.7 Å². The Balaban J connectivity index is 0.00000264. The number of rotatable bonds is 3. The van der Waals surface area contributed by atoms with Crippen molar-refractivity contribution in [2.24, 2.45) is 5.92 Å². The molecule has 0 radical (unpaired) electrons. The van der Waals surface area contributed by atoms with Crippen LogP contribution in [-0.2, 0) is 4.79 Å². The highest BCUT2D eigenvalue weighted by molar-refractivity contribution is 5.97. The molecule has 1 saturated heterocycles. The van der Waals surface area contributed by atoms with Crippen LogP contribution < -0.4 is 10.6 Å². The molecule has 1 aliphatic rings. The number of piperidine rings is 1. The van der Waals surface area contributed by atoms with Gasteiger partial charge in [-0.2, -0.15) is 0 Å². The zero-order valence-corrected chi connectivity index (χ0v) is 14.4. The van der Waals surface area contributed by atoms with E-state index in [-0.39, 0.29) is 29.8 Å². The van der Waals surface area contributed by atoms with Crippen molar-refractivity contribution in [3.63, 3.8) is 0 Å². The largest absolute Gasteiger partial charge is 0.345 e. The fourth-order valence-electron chi connectivity index (χ4n) is 2.62. The molecular formula is C16H23ClFN3O2. The standard InChI is InChI=1S/C16H22FN3O2.ClH/c1-10-8-11(6-7-18-10)15(21)19-12-4-5-14(17)13(9-12)16(22)20(2)3;/h4-5,9-11,18H,6-8H2,1-3H3,(H,19,21);1H/t10-,11-;/m0./s1. The van der Waals surface area contributed by atoms with Gasteiger partial charge < -0.3 is 15.5 Å². The molecule has 2 atom stereocenters. The topological polar surface area (TPSA) is 61.4 Å². The van der Waals surface area contributed by atoms with E-state index in [0.717, 1.165) is 19.4 Å². The van der Waals surface area contributed by atoms with E-state index in [2.05, 4.69) is 10.6 Å². The van der Waals surface area contributed by atoms with E-state index in [1.165, 1.54) is 23.1 Å². The molecule has 0 unspecified atom stereocenters. The summed E-state index contributed by atoms with van der Waals surface area (Å²) in [5, 5.41) is 6.08. The Bertz CT molecular complexity index is 580. The molecule has 1 heterocycles. The molecule has 1 aromatic carbocycles. The maximum absolute atomic E-state index is 13.8. The van der Waals surface area contributed by atoms with Gasteiger partial charge in [0.1, 0.15) is 5.82 Å². The normalized spacial score (nSPS) is 20.3. The summed E-state index contributed by atoms with van der Waals surface area (Å²) < 4.78 is 13.8. The van der Waals surface area contributed by atoms with Crippen LogP contribution in [0.5, 0.6) is 0 Å². The van der Waals surface area contributed by atoms with Gasteiger partial charge in [0, 0.05) is 31.7 Å². The second kappa shape index (κ2) is 8.26. The average Bonchev–Trinajstić information content (AvgIpc) is 2.48. The van der Waals surface area contributed by atoms with E-state index in [0.29, 0.717) is 11.7 Å². The van der Waals surface area contributed by atoms with Crippen LogP contribution in [-0.4, -0.2) is 43.4 Å². The Morgan fingerprint density at radius 1 is 1.35 bits per heavy atom. The van der Waals surface area contributed by atoms with Crippen LogP contribution in [0.4, 0.5) is 10.1 Å². The van der Waals surface area contributed by atoms with E-state index in [9.17, 15) is 14.0 Å². The lowest BCUT2D eigenvalue weighted by Gasteiger charge is -2.27. The molecule has 0 saturated carbocycles. The van der Waals surface area contributed by atoms with Crippen molar-refractivity contribution in [3.8, 4) is 0 Å². The van der Waals surface area contributed by atoms with Crippen molar-refractivity contribution in [2.75, 3.05) is 26.0 Å². The molecule has 0 bridgehead atoms. The molecule has 23 heavy (non-hydrogen) atoms. The Kier molecular flexibility index (Phi) is 6.97. The van der Waals surface area contributed by atoms with Gasteiger partial charge in [-0.05, 0) is 44.5 Å². The number of nitrogens with zero attached hydrogens (tertiary/aromatic N) is 1. The molecule has 2 rings (SSSR count). The third-order valence-corrected chi connectivity index (χ3v) is 3.86. The molecule has 2 N–H and O–H groups in total. The first-order valence-electron chi connectivity index (χ1n) is 7.44. The Hall–Kier alpha value is -1.66. The summed E-state index contributed by atoms with van der Waals surface area (Å²) in [6.07, 6.45) is 1.55. The molecular weight excluding hydrogens is 321 g/mol. The molecule has 0 spiro atoms. The summed E-state index contributed by atoms with van der Waals surface area (Å²) in [5.74, 6) is -1.16. The fourth-order valence-corrected chi connectivity index (χ4v) is 2.62. The number of benzene rings is 1. The summed E-state index contributed by atoms with van der Waals surface area (Å²) in [6.45, 7) is 2.86. The number of carbonyl (C=O) groups is 2. The van der Waals surface area contributed by atoms with Gasteiger partial charge in [-0.1, -0.05) is 0 Å². The lowest BCUT2D eigenvalue weighted by Crippen LogP contribution is -2.40. The third kappa shape index (κ3) is 4.91. The van der Waals surface area contributed by atoms with Crippen molar-refractivity contribution < 1.29 is 14.0 Å². The fraction of sp³-hybridized carbons (Fsp3) is 0.500. The summed E-state index contributed by atoms with van der Waals surface area (Å²) in [6, 6.07) is 4.38. The molecule has 0 aliphatic carbocycles. The highest BCUT2D eigenvalue weighted by Crippen LogP contribution is 2.20. The van der Waals surface area contributed by atoms with E-state index >= 15 is 0 Å². The highest BCUT2D eigenvalue weighted by Gasteiger charge is 2.25. The van der Waals surface area contributed by atoms with Crippen LogP contribution in [0.1, 0.15) is 30.1 Å². The van der Waals surface area contributed by atoms with Gasteiger partial charge >= 0.3 is 0 Å². The molecule has 128 valence electrons. The maximum atomic E-state index is 13.8. The molecule has 5 nitrogen and oxygen atoms in total. The van der Waals surface area contributed by atoms with Gasteiger partial charge in [-0.15, -0.1) is 12.4 Å². The molecule has 2 amide bonds. The predicted molar refractivity (Wildman–Crippen MR) is 90.5 cm³/mol. The van der Waals surface area contributed by atoms with Gasteiger partial charge in [0.15, 0.2) is 0 Å². The minimum atomic E-state index is -0.591. The summed E-state index contributed by atoms with van der Waals surface area (Å²) >= 11 is 0. The van der Waals surface area contributed by atoms with Crippen LogP contribution >= 0.6 is 12.4 Å². The van der Waals surface area contributed by atoms with Crippen LogP contribution in [0.15, 0.2) is 18.2 Å². The minimum Gasteiger partial charge on any atom is -0.345 e. The summed E-state index contributed by atoms with van der Waals surface area (Å²) in [5.41, 5.74) is 0.407. The number of carbonyl (C=O) groups excluding carboxylic acids is 2. The lowest BCUT2D eigenvalue weighted by molar-refractivity contribution is -0.120. The number of amides is 2. The molecule has 7 heteroatoms. The quantitative estimate of drug-likeness (QED) is 0.885. The Labute approximate surface area is 142 Å². The third-order valence-electron chi connectivity index (χ3n) is 3.86. The Morgan fingerprint density at radius 2 is 2.04 bits per heavy atom. The second-order valence-corrected chi connectivity index (χ2v) is 5.96. The molecule has 1 aromatic rings. The SMILES string of the molecule is C[C@H]1C[C@@H](C(=O)Nc2ccc(F)c(C(=O)N(C)C)c2)CCN1.Cl.